The van der Waals surface area contributed by atoms with Crippen LogP contribution in [-0.4, -0.2) is 32.2 Å². The lowest BCUT2D eigenvalue weighted by Gasteiger charge is -2.17. The van der Waals surface area contributed by atoms with Crippen molar-refractivity contribution < 1.29 is 0 Å². The Morgan fingerprint density at radius 2 is 2.10 bits per heavy atom. The van der Waals surface area contributed by atoms with Gasteiger partial charge in [-0.2, -0.15) is 0 Å². The van der Waals surface area contributed by atoms with Gasteiger partial charge in [0.1, 0.15) is 5.82 Å². The number of hydrogen-bond acceptors (Lipinski definition) is 3. The molecule has 1 aromatic carbocycles. The molecule has 3 rings (SSSR count). The number of likely N-dealkylation sites (N-methyl/N-ethyl adjacent to an activating group) is 1. The van der Waals surface area contributed by atoms with E-state index >= 15 is 0 Å². The number of hydrogen-bond donors (Lipinski definition) is 1. The van der Waals surface area contributed by atoms with Crippen molar-refractivity contribution in [2.45, 2.75) is 19.0 Å². The van der Waals surface area contributed by atoms with Crippen LogP contribution in [0.2, 0.25) is 0 Å². The maximum absolute atomic E-state index is 4.43. The number of imidazole rings is 2. The first-order valence-electron chi connectivity index (χ1n) is 6.81. The van der Waals surface area contributed by atoms with Crippen LogP contribution in [0.4, 0.5) is 0 Å². The van der Waals surface area contributed by atoms with Crippen molar-refractivity contribution in [1.29, 1.82) is 0 Å². The number of aryl methyl sites for hydroxylation is 1. The Morgan fingerprint density at radius 1 is 1.25 bits per heavy atom. The molecule has 0 saturated heterocycles. The van der Waals surface area contributed by atoms with Gasteiger partial charge in [-0.15, -0.1) is 0 Å². The number of fused-ring (bicyclic) bond motifs is 1. The Kier molecular flexibility index (Phi) is 3.52. The average Bonchev–Trinajstić information content (AvgIpc) is 3.06. The molecule has 5 heteroatoms. The van der Waals surface area contributed by atoms with Crippen LogP contribution in [0.5, 0.6) is 0 Å². The zero-order valence-electron chi connectivity index (χ0n) is 11.8. The molecule has 5 nitrogen and oxygen atoms in total. The molecule has 0 bridgehead atoms. The minimum atomic E-state index is 0.328. The summed E-state index contributed by atoms with van der Waals surface area (Å²) in [7, 11) is 4.02. The van der Waals surface area contributed by atoms with E-state index in [1.807, 2.05) is 51.0 Å². The molecule has 2 heterocycles. The van der Waals surface area contributed by atoms with Gasteiger partial charge in [0.2, 0.25) is 0 Å². The van der Waals surface area contributed by atoms with Gasteiger partial charge in [-0.25, -0.2) is 9.97 Å². The first-order chi connectivity index (χ1) is 9.78. The Balaban J connectivity index is 1.79. The fraction of sp³-hybridized carbons (Fsp3) is 0.333. The van der Waals surface area contributed by atoms with E-state index in [1.54, 1.807) is 0 Å². The summed E-state index contributed by atoms with van der Waals surface area (Å²) in [4.78, 5) is 8.83. The zero-order valence-corrected chi connectivity index (χ0v) is 11.8. The van der Waals surface area contributed by atoms with Crippen molar-refractivity contribution in [2.75, 3.05) is 7.05 Å². The van der Waals surface area contributed by atoms with E-state index in [4.69, 9.17) is 0 Å². The molecule has 0 saturated carbocycles. The van der Waals surface area contributed by atoms with Crippen molar-refractivity contribution in [3.8, 4) is 0 Å². The van der Waals surface area contributed by atoms with Gasteiger partial charge in [0.05, 0.1) is 17.4 Å². The molecule has 0 aliphatic carbocycles. The van der Waals surface area contributed by atoms with E-state index in [0.29, 0.717) is 6.04 Å². The van der Waals surface area contributed by atoms with Crippen molar-refractivity contribution in [3.63, 3.8) is 0 Å². The number of benzene rings is 1. The highest BCUT2D eigenvalue weighted by molar-refractivity contribution is 5.74. The van der Waals surface area contributed by atoms with Gasteiger partial charge in [0, 0.05) is 38.4 Å². The number of aromatic nitrogens is 4. The van der Waals surface area contributed by atoms with Crippen LogP contribution in [0.25, 0.3) is 11.0 Å². The predicted molar refractivity (Wildman–Crippen MR) is 79.5 cm³/mol. The molecule has 1 atom stereocenters. The van der Waals surface area contributed by atoms with E-state index in [0.717, 1.165) is 24.3 Å². The second kappa shape index (κ2) is 5.46. The second-order valence-electron chi connectivity index (χ2n) is 5.03. The quantitative estimate of drug-likeness (QED) is 0.765. The zero-order chi connectivity index (χ0) is 13.9. The summed E-state index contributed by atoms with van der Waals surface area (Å²) in [6.45, 7) is 0.879. The van der Waals surface area contributed by atoms with Crippen LogP contribution < -0.4 is 5.32 Å². The molecule has 0 spiro atoms. The molecular weight excluding hydrogens is 250 g/mol. The SMILES string of the molecule is CNC(Cc1nccn1C)Cn1cnc2ccccc21. The first-order valence-corrected chi connectivity index (χ1v) is 6.81. The molecular formula is C15H19N5. The van der Waals surface area contributed by atoms with Crippen molar-refractivity contribution in [2.24, 2.45) is 7.05 Å². The van der Waals surface area contributed by atoms with Gasteiger partial charge in [0.25, 0.3) is 0 Å². The number of para-hydroxylation sites is 2. The molecule has 3 aromatic rings. The number of nitrogens with one attached hydrogen (secondary N) is 1. The van der Waals surface area contributed by atoms with Gasteiger partial charge in [-0.3, -0.25) is 0 Å². The van der Waals surface area contributed by atoms with E-state index in [2.05, 4.69) is 30.5 Å². The monoisotopic (exact) mass is 269 g/mol. The van der Waals surface area contributed by atoms with Crippen molar-refractivity contribution in [1.82, 2.24) is 24.4 Å². The van der Waals surface area contributed by atoms with E-state index in [1.165, 1.54) is 5.52 Å². The van der Waals surface area contributed by atoms with Crippen LogP contribution in [0.3, 0.4) is 0 Å². The molecule has 2 aromatic heterocycles. The molecule has 0 fully saturated rings. The van der Waals surface area contributed by atoms with E-state index in [-0.39, 0.29) is 0 Å². The highest BCUT2D eigenvalue weighted by Gasteiger charge is 2.12. The Labute approximate surface area is 118 Å². The number of rotatable bonds is 5. The highest BCUT2D eigenvalue weighted by atomic mass is 15.1. The lowest BCUT2D eigenvalue weighted by Crippen LogP contribution is -2.33. The minimum Gasteiger partial charge on any atom is -0.338 e. The summed E-state index contributed by atoms with van der Waals surface area (Å²) in [5.41, 5.74) is 2.21. The van der Waals surface area contributed by atoms with Gasteiger partial charge in [0.15, 0.2) is 0 Å². The summed E-state index contributed by atoms with van der Waals surface area (Å²) in [5.74, 6) is 1.09. The second-order valence-corrected chi connectivity index (χ2v) is 5.03. The molecule has 1 N–H and O–H groups in total. The van der Waals surface area contributed by atoms with Crippen LogP contribution in [-0.2, 0) is 20.0 Å². The van der Waals surface area contributed by atoms with E-state index in [9.17, 15) is 0 Å². The topological polar surface area (TPSA) is 47.7 Å². The lowest BCUT2D eigenvalue weighted by atomic mass is 10.2. The third-order valence-electron chi connectivity index (χ3n) is 3.70. The van der Waals surface area contributed by atoms with Gasteiger partial charge >= 0.3 is 0 Å². The largest absolute Gasteiger partial charge is 0.338 e. The van der Waals surface area contributed by atoms with Gasteiger partial charge in [-0.1, -0.05) is 12.1 Å². The molecule has 0 radical (unpaired) electrons. The summed E-state index contributed by atoms with van der Waals surface area (Å²) in [5, 5.41) is 3.37. The lowest BCUT2D eigenvalue weighted by molar-refractivity contribution is 0.471. The molecule has 0 aliphatic heterocycles. The molecule has 1 unspecified atom stereocenters. The molecule has 0 amide bonds. The third-order valence-corrected chi connectivity index (χ3v) is 3.70. The maximum Gasteiger partial charge on any atom is 0.109 e. The predicted octanol–water partition coefficient (Wildman–Crippen LogP) is 1.60. The smallest absolute Gasteiger partial charge is 0.109 e. The van der Waals surface area contributed by atoms with Crippen LogP contribution in [0, 0.1) is 0 Å². The summed E-state index contributed by atoms with van der Waals surface area (Å²) < 4.78 is 4.26. The molecule has 0 aliphatic rings. The summed E-state index contributed by atoms with van der Waals surface area (Å²) >= 11 is 0. The summed E-state index contributed by atoms with van der Waals surface area (Å²) in [6.07, 6.45) is 6.63. The average molecular weight is 269 g/mol. The Hall–Kier alpha value is -2.14. The van der Waals surface area contributed by atoms with Crippen molar-refractivity contribution in [3.05, 3.63) is 48.8 Å². The van der Waals surface area contributed by atoms with E-state index < -0.39 is 0 Å². The fourth-order valence-corrected chi connectivity index (χ4v) is 2.46. The maximum atomic E-state index is 4.43. The molecule has 20 heavy (non-hydrogen) atoms. The number of nitrogens with zero attached hydrogens (tertiary/aromatic N) is 4. The van der Waals surface area contributed by atoms with Gasteiger partial charge in [-0.05, 0) is 19.2 Å². The standard InChI is InChI=1S/C15H19N5/c1-16-12(9-15-17-7-8-19(15)2)10-20-11-18-13-5-3-4-6-14(13)20/h3-8,11-12,16H,9-10H2,1-2H3. The van der Waals surface area contributed by atoms with Crippen LogP contribution in [0.15, 0.2) is 43.0 Å². The van der Waals surface area contributed by atoms with Crippen LogP contribution >= 0.6 is 0 Å². The normalized spacial score (nSPS) is 12.9. The summed E-state index contributed by atoms with van der Waals surface area (Å²) in [6, 6.07) is 8.54. The van der Waals surface area contributed by atoms with Gasteiger partial charge < -0.3 is 14.5 Å². The first kappa shape index (κ1) is 12.9. The fourth-order valence-electron chi connectivity index (χ4n) is 2.46. The third kappa shape index (κ3) is 2.44. The van der Waals surface area contributed by atoms with Crippen LogP contribution in [0.1, 0.15) is 5.82 Å². The van der Waals surface area contributed by atoms with Crippen molar-refractivity contribution >= 4 is 11.0 Å². The minimum absolute atomic E-state index is 0.328. The highest BCUT2D eigenvalue weighted by Crippen LogP contribution is 2.13. The Morgan fingerprint density at radius 3 is 2.85 bits per heavy atom. The molecule has 104 valence electrons. The Bertz CT molecular complexity index is 697.